The van der Waals surface area contributed by atoms with Gasteiger partial charge in [0, 0.05) is 18.4 Å². The Bertz CT molecular complexity index is 824. The van der Waals surface area contributed by atoms with Gasteiger partial charge in [-0.05, 0) is 50.5 Å². The topological polar surface area (TPSA) is 59.8 Å². The van der Waals surface area contributed by atoms with Crippen molar-refractivity contribution >= 4 is 5.91 Å². The predicted molar refractivity (Wildman–Crippen MR) is 97.8 cm³/mol. The molecule has 0 saturated carbocycles. The first-order chi connectivity index (χ1) is 12.1. The molecule has 25 heavy (non-hydrogen) atoms. The number of carbonyl (C=O) groups is 1. The average Bonchev–Trinajstić information content (AvgIpc) is 3.07. The smallest absolute Gasteiger partial charge is 0.253 e. The molecular formula is C20H22N4O. The molecule has 1 amide bonds. The molecule has 2 heterocycles. The second kappa shape index (κ2) is 7.75. The highest BCUT2D eigenvalue weighted by Crippen LogP contribution is 2.08. The molecule has 0 saturated heterocycles. The lowest BCUT2D eigenvalue weighted by atomic mass is 10.1. The van der Waals surface area contributed by atoms with Gasteiger partial charge in [0.2, 0.25) is 0 Å². The van der Waals surface area contributed by atoms with Crippen LogP contribution in [-0.2, 0) is 6.42 Å². The van der Waals surface area contributed by atoms with Gasteiger partial charge in [0.15, 0.2) is 5.82 Å². The minimum atomic E-state index is -0.101. The summed E-state index contributed by atoms with van der Waals surface area (Å²) < 4.78 is 1.69. The Morgan fingerprint density at radius 3 is 2.60 bits per heavy atom. The van der Waals surface area contributed by atoms with Crippen molar-refractivity contribution < 1.29 is 4.79 Å². The second-order valence-corrected chi connectivity index (χ2v) is 6.21. The largest absolute Gasteiger partial charge is 0.350 e. The highest BCUT2D eigenvalue weighted by Gasteiger charge is 2.11. The molecule has 0 unspecified atom stereocenters. The molecule has 3 rings (SSSR count). The first-order valence-electron chi connectivity index (χ1n) is 8.45. The second-order valence-electron chi connectivity index (χ2n) is 6.21. The third kappa shape index (κ3) is 4.53. The molecule has 0 bridgehead atoms. The van der Waals surface area contributed by atoms with E-state index in [4.69, 9.17) is 0 Å². The van der Waals surface area contributed by atoms with Crippen LogP contribution in [0.4, 0.5) is 0 Å². The zero-order chi connectivity index (χ0) is 17.6. The summed E-state index contributed by atoms with van der Waals surface area (Å²) in [6, 6.07) is 15.9. The quantitative estimate of drug-likeness (QED) is 0.752. The molecule has 3 aromatic rings. The summed E-state index contributed by atoms with van der Waals surface area (Å²) in [5.41, 5.74) is 2.76. The van der Waals surface area contributed by atoms with Crippen LogP contribution >= 0.6 is 0 Å². The minimum absolute atomic E-state index is 0.0983. The van der Waals surface area contributed by atoms with Gasteiger partial charge in [-0.25, -0.2) is 9.67 Å². The van der Waals surface area contributed by atoms with E-state index in [9.17, 15) is 4.79 Å². The Labute approximate surface area is 147 Å². The van der Waals surface area contributed by atoms with E-state index in [0.717, 1.165) is 18.5 Å². The van der Waals surface area contributed by atoms with Crippen molar-refractivity contribution in [2.75, 3.05) is 0 Å². The van der Waals surface area contributed by atoms with Gasteiger partial charge in [0.1, 0.15) is 0 Å². The van der Waals surface area contributed by atoms with Crippen LogP contribution in [-0.4, -0.2) is 26.7 Å². The summed E-state index contributed by atoms with van der Waals surface area (Å²) in [7, 11) is 0. The number of rotatable bonds is 6. The number of aryl methyl sites for hydroxylation is 2. The first kappa shape index (κ1) is 16.9. The fourth-order valence-electron chi connectivity index (χ4n) is 2.61. The van der Waals surface area contributed by atoms with E-state index in [1.54, 1.807) is 23.0 Å². The molecule has 0 aliphatic heterocycles. The van der Waals surface area contributed by atoms with Crippen LogP contribution in [0.3, 0.4) is 0 Å². The van der Waals surface area contributed by atoms with Crippen molar-refractivity contribution in [1.82, 2.24) is 20.1 Å². The normalized spacial score (nSPS) is 11.9. The van der Waals surface area contributed by atoms with E-state index in [-0.39, 0.29) is 11.9 Å². The number of hydrogen-bond acceptors (Lipinski definition) is 3. The van der Waals surface area contributed by atoms with Crippen molar-refractivity contribution in [3.8, 4) is 5.82 Å². The SMILES string of the molecule is Cc1ccn(-c2ccc(C(=O)N[C@H](C)CCc3ccccc3)cn2)n1. The standard InChI is InChI=1S/C20H22N4O/c1-15(8-9-17-6-4-3-5-7-17)22-20(25)18-10-11-19(21-14-18)24-13-12-16(2)23-24/h3-7,10-15H,8-9H2,1-2H3,(H,22,25)/t15-/m1/s1. The highest BCUT2D eigenvalue weighted by molar-refractivity contribution is 5.94. The first-order valence-corrected chi connectivity index (χ1v) is 8.45. The van der Waals surface area contributed by atoms with Gasteiger partial charge >= 0.3 is 0 Å². The lowest BCUT2D eigenvalue weighted by molar-refractivity contribution is 0.0938. The zero-order valence-electron chi connectivity index (χ0n) is 14.5. The number of benzene rings is 1. The van der Waals surface area contributed by atoms with E-state index < -0.39 is 0 Å². The molecule has 0 radical (unpaired) electrons. The van der Waals surface area contributed by atoms with E-state index in [1.165, 1.54) is 5.56 Å². The zero-order valence-corrected chi connectivity index (χ0v) is 14.5. The van der Waals surface area contributed by atoms with Gasteiger partial charge in [0.25, 0.3) is 5.91 Å². The van der Waals surface area contributed by atoms with Crippen molar-refractivity contribution in [3.05, 3.63) is 77.7 Å². The number of nitrogens with one attached hydrogen (secondary N) is 1. The maximum atomic E-state index is 12.3. The predicted octanol–water partition coefficient (Wildman–Crippen LogP) is 3.33. The summed E-state index contributed by atoms with van der Waals surface area (Å²) >= 11 is 0. The monoisotopic (exact) mass is 334 g/mol. The molecule has 1 N–H and O–H groups in total. The van der Waals surface area contributed by atoms with Crippen LogP contribution in [0.15, 0.2) is 60.9 Å². The van der Waals surface area contributed by atoms with Crippen molar-refractivity contribution in [2.45, 2.75) is 32.7 Å². The molecule has 1 atom stereocenters. The summed E-state index contributed by atoms with van der Waals surface area (Å²) in [4.78, 5) is 16.7. The number of aromatic nitrogens is 3. The molecule has 2 aromatic heterocycles. The molecule has 0 spiro atoms. The molecular weight excluding hydrogens is 312 g/mol. The lowest BCUT2D eigenvalue weighted by Crippen LogP contribution is -2.33. The molecule has 5 nitrogen and oxygen atoms in total. The molecule has 1 aromatic carbocycles. The van der Waals surface area contributed by atoms with Gasteiger partial charge in [-0.15, -0.1) is 0 Å². The lowest BCUT2D eigenvalue weighted by Gasteiger charge is -2.14. The number of pyridine rings is 1. The van der Waals surface area contributed by atoms with Crippen LogP contribution in [0.1, 0.15) is 35.0 Å². The van der Waals surface area contributed by atoms with Crippen molar-refractivity contribution in [1.29, 1.82) is 0 Å². The molecule has 128 valence electrons. The number of hydrogen-bond donors (Lipinski definition) is 1. The van der Waals surface area contributed by atoms with Gasteiger partial charge in [-0.2, -0.15) is 5.10 Å². The minimum Gasteiger partial charge on any atom is -0.350 e. The Hall–Kier alpha value is -2.95. The van der Waals surface area contributed by atoms with Crippen LogP contribution in [0.25, 0.3) is 5.82 Å². The maximum absolute atomic E-state index is 12.3. The Kier molecular flexibility index (Phi) is 5.23. The van der Waals surface area contributed by atoms with E-state index in [2.05, 4.69) is 27.5 Å². The van der Waals surface area contributed by atoms with Gasteiger partial charge in [-0.3, -0.25) is 4.79 Å². The van der Waals surface area contributed by atoms with Crippen molar-refractivity contribution in [2.24, 2.45) is 0 Å². The highest BCUT2D eigenvalue weighted by atomic mass is 16.1. The van der Waals surface area contributed by atoms with Gasteiger partial charge in [0.05, 0.1) is 11.3 Å². The number of carbonyl (C=O) groups excluding carboxylic acids is 1. The number of nitrogens with zero attached hydrogens (tertiary/aromatic N) is 3. The van der Waals surface area contributed by atoms with E-state index in [1.807, 2.05) is 44.3 Å². The third-order valence-electron chi connectivity index (χ3n) is 4.05. The Balaban J connectivity index is 1.55. The van der Waals surface area contributed by atoms with E-state index >= 15 is 0 Å². The molecule has 5 heteroatoms. The van der Waals surface area contributed by atoms with E-state index in [0.29, 0.717) is 11.4 Å². The number of amides is 1. The summed E-state index contributed by atoms with van der Waals surface area (Å²) in [6.45, 7) is 3.95. The van der Waals surface area contributed by atoms with Crippen LogP contribution in [0.2, 0.25) is 0 Å². The molecule has 0 aliphatic carbocycles. The summed E-state index contributed by atoms with van der Waals surface area (Å²) in [5.74, 6) is 0.595. The molecule has 0 aliphatic rings. The van der Waals surface area contributed by atoms with Crippen molar-refractivity contribution in [3.63, 3.8) is 0 Å². The molecule has 0 fully saturated rings. The summed E-state index contributed by atoms with van der Waals surface area (Å²) in [5, 5.41) is 7.34. The third-order valence-corrected chi connectivity index (χ3v) is 4.05. The van der Waals surface area contributed by atoms with Crippen LogP contribution < -0.4 is 5.32 Å². The van der Waals surface area contributed by atoms with Gasteiger partial charge in [-0.1, -0.05) is 30.3 Å². The fourth-order valence-corrected chi connectivity index (χ4v) is 2.61. The summed E-state index contributed by atoms with van der Waals surface area (Å²) in [6.07, 6.45) is 5.28. The van der Waals surface area contributed by atoms with Crippen LogP contribution in [0.5, 0.6) is 0 Å². The fraction of sp³-hybridized carbons (Fsp3) is 0.250. The van der Waals surface area contributed by atoms with Crippen LogP contribution in [0, 0.1) is 6.92 Å². The maximum Gasteiger partial charge on any atom is 0.253 e. The Morgan fingerprint density at radius 1 is 1.16 bits per heavy atom. The Morgan fingerprint density at radius 2 is 1.96 bits per heavy atom. The van der Waals surface area contributed by atoms with Gasteiger partial charge < -0.3 is 5.32 Å². The average molecular weight is 334 g/mol.